The number of hydrogen-bond acceptors (Lipinski definition) is 7. The molecule has 0 saturated carbocycles. The van der Waals surface area contributed by atoms with Crippen LogP contribution in [-0.4, -0.2) is 36.5 Å². The molecule has 24 heavy (non-hydrogen) atoms. The van der Waals surface area contributed by atoms with E-state index in [0.29, 0.717) is 5.56 Å². The Morgan fingerprint density at radius 1 is 1.25 bits per heavy atom. The number of Topliss-reactive ketones (excluding diaryl/α,β-unsaturated/α-hetero) is 1. The highest BCUT2D eigenvalue weighted by Crippen LogP contribution is 2.26. The number of methoxy groups -OCH3 is 1. The Morgan fingerprint density at radius 3 is 2.25 bits per heavy atom. The number of ether oxygens (including phenoxy) is 2. The third-order valence-corrected chi connectivity index (χ3v) is 3.23. The number of alkyl carbamates (subject to hydrolysis) is 1. The normalized spacial score (nSPS) is 12.6. The number of nitrogens with zero attached hydrogens (tertiary/aromatic N) is 1. The molecule has 9 nitrogen and oxygen atoms in total. The lowest BCUT2D eigenvalue weighted by molar-refractivity contribution is -0.384. The zero-order valence-corrected chi connectivity index (χ0v) is 13.5. The first-order valence-electron chi connectivity index (χ1n) is 7.07. The second-order valence-electron chi connectivity index (χ2n) is 4.80. The minimum Gasteiger partial charge on any atom is -0.465 e. The molecule has 1 aromatic rings. The first kappa shape index (κ1) is 19.1. The summed E-state index contributed by atoms with van der Waals surface area (Å²) in [6, 6.07) is 4.06. The van der Waals surface area contributed by atoms with Crippen LogP contribution in [0.2, 0.25) is 0 Å². The average molecular weight is 338 g/mol. The van der Waals surface area contributed by atoms with Gasteiger partial charge in [-0.05, 0) is 19.4 Å². The van der Waals surface area contributed by atoms with Crippen LogP contribution in [0.3, 0.4) is 0 Å². The van der Waals surface area contributed by atoms with Gasteiger partial charge in [0.25, 0.3) is 5.69 Å². The molecule has 0 bridgehead atoms. The maximum Gasteiger partial charge on any atom is 0.407 e. The Balaban J connectivity index is 3.26. The molecule has 130 valence electrons. The van der Waals surface area contributed by atoms with Crippen LogP contribution in [-0.2, 0) is 19.1 Å². The molecule has 0 radical (unpaired) electrons. The number of ketones is 1. The summed E-state index contributed by atoms with van der Waals surface area (Å²) in [5.41, 5.74) is 0.172. The maximum atomic E-state index is 12.1. The lowest BCUT2D eigenvalue weighted by Gasteiger charge is -2.24. The quantitative estimate of drug-likeness (QED) is 0.347. The van der Waals surface area contributed by atoms with Crippen molar-refractivity contribution in [3.8, 4) is 0 Å². The van der Waals surface area contributed by atoms with Crippen LogP contribution >= 0.6 is 0 Å². The summed E-state index contributed by atoms with van der Waals surface area (Å²) in [6.07, 6.45) is -0.853. The summed E-state index contributed by atoms with van der Waals surface area (Å²) in [5.74, 6) is -2.62. The Hall–Kier alpha value is -2.97. The molecule has 0 aliphatic heterocycles. The van der Waals surface area contributed by atoms with E-state index < -0.39 is 34.7 Å². The van der Waals surface area contributed by atoms with Crippen LogP contribution in [0.25, 0.3) is 0 Å². The van der Waals surface area contributed by atoms with Gasteiger partial charge in [0.05, 0.1) is 24.7 Å². The number of nitro benzene ring substituents is 1. The number of esters is 1. The van der Waals surface area contributed by atoms with E-state index in [1.807, 2.05) is 0 Å². The minimum atomic E-state index is -1.30. The van der Waals surface area contributed by atoms with Gasteiger partial charge in [-0.25, -0.2) is 4.79 Å². The van der Waals surface area contributed by atoms with Gasteiger partial charge in [0.1, 0.15) is 11.7 Å². The Morgan fingerprint density at radius 2 is 1.83 bits per heavy atom. The maximum absolute atomic E-state index is 12.1. The molecule has 2 atom stereocenters. The molecule has 1 amide bonds. The molecule has 1 aromatic carbocycles. The van der Waals surface area contributed by atoms with E-state index in [2.05, 4.69) is 10.1 Å². The van der Waals surface area contributed by atoms with Crippen LogP contribution in [0.15, 0.2) is 24.3 Å². The Bertz CT molecular complexity index is 627. The molecule has 1 N–H and O–H groups in total. The summed E-state index contributed by atoms with van der Waals surface area (Å²) in [5, 5.41) is 13.1. The fraction of sp³-hybridized carbons (Fsp3) is 0.400. The van der Waals surface area contributed by atoms with Crippen molar-refractivity contribution in [2.24, 2.45) is 5.92 Å². The van der Waals surface area contributed by atoms with E-state index in [9.17, 15) is 24.5 Å². The summed E-state index contributed by atoms with van der Waals surface area (Å²) in [4.78, 5) is 45.7. The van der Waals surface area contributed by atoms with Crippen LogP contribution in [0.5, 0.6) is 0 Å². The summed E-state index contributed by atoms with van der Waals surface area (Å²) in [6.45, 7) is 2.84. The van der Waals surface area contributed by atoms with Crippen molar-refractivity contribution in [1.29, 1.82) is 0 Å². The molecule has 1 rings (SSSR count). The second kappa shape index (κ2) is 8.61. The average Bonchev–Trinajstić information content (AvgIpc) is 2.54. The number of rotatable bonds is 7. The van der Waals surface area contributed by atoms with Gasteiger partial charge in [-0.3, -0.25) is 19.7 Å². The number of hydrogen-bond donors (Lipinski definition) is 1. The van der Waals surface area contributed by atoms with Gasteiger partial charge in [-0.2, -0.15) is 0 Å². The topological polar surface area (TPSA) is 125 Å². The second-order valence-corrected chi connectivity index (χ2v) is 4.80. The lowest BCUT2D eigenvalue weighted by Crippen LogP contribution is -2.40. The smallest absolute Gasteiger partial charge is 0.407 e. The van der Waals surface area contributed by atoms with Gasteiger partial charge in [-0.1, -0.05) is 12.1 Å². The predicted molar refractivity (Wildman–Crippen MR) is 82.2 cm³/mol. The minimum absolute atomic E-state index is 0.0633. The number of nitro groups is 1. The molecular weight excluding hydrogens is 320 g/mol. The Kier molecular flexibility index (Phi) is 6.84. The van der Waals surface area contributed by atoms with Crippen molar-refractivity contribution >= 4 is 23.5 Å². The van der Waals surface area contributed by atoms with Gasteiger partial charge in [0, 0.05) is 12.1 Å². The third-order valence-electron chi connectivity index (χ3n) is 3.23. The van der Waals surface area contributed by atoms with Crippen LogP contribution in [0.1, 0.15) is 25.5 Å². The van der Waals surface area contributed by atoms with Gasteiger partial charge < -0.3 is 14.8 Å². The van der Waals surface area contributed by atoms with Gasteiger partial charge in [0.15, 0.2) is 0 Å². The molecule has 0 heterocycles. The summed E-state index contributed by atoms with van der Waals surface area (Å²) < 4.78 is 9.40. The fourth-order valence-corrected chi connectivity index (χ4v) is 2.12. The highest BCUT2D eigenvalue weighted by atomic mass is 16.6. The van der Waals surface area contributed by atoms with E-state index in [0.717, 1.165) is 7.11 Å². The van der Waals surface area contributed by atoms with E-state index in [1.165, 1.54) is 31.2 Å². The molecule has 9 heteroatoms. The number of nitrogens with one attached hydrogen (secondary N) is 1. The zero-order chi connectivity index (χ0) is 18.3. The summed E-state index contributed by atoms with van der Waals surface area (Å²) in [7, 11) is 1.13. The van der Waals surface area contributed by atoms with Crippen LogP contribution in [0.4, 0.5) is 10.5 Å². The summed E-state index contributed by atoms with van der Waals surface area (Å²) >= 11 is 0. The molecule has 0 fully saturated rings. The van der Waals surface area contributed by atoms with E-state index in [1.54, 1.807) is 6.92 Å². The Labute approximate surface area is 138 Å². The molecule has 2 unspecified atom stereocenters. The molecule has 0 aliphatic rings. The van der Waals surface area contributed by atoms with Gasteiger partial charge >= 0.3 is 12.1 Å². The molecular formula is C15H18N2O7. The highest BCUT2D eigenvalue weighted by molar-refractivity contribution is 5.99. The lowest BCUT2D eigenvalue weighted by atomic mass is 9.90. The third kappa shape index (κ3) is 4.77. The SMILES string of the molecule is CCOC(=O)C(C(C)=O)C(NC(=O)OC)c1ccc([N+](=O)[O-])cc1. The van der Waals surface area contributed by atoms with Crippen LogP contribution < -0.4 is 5.32 Å². The van der Waals surface area contributed by atoms with E-state index in [4.69, 9.17) is 4.74 Å². The van der Waals surface area contributed by atoms with Gasteiger partial charge in [0.2, 0.25) is 0 Å². The first-order valence-corrected chi connectivity index (χ1v) is 7.07. The zero-order valence-electron chi connectivity index (χ0n) is 13.5. The molecule has 0 aromatic heterocycles. The monoisotopic (exact) mass is 338 g/mol. The largest absolute Gasteiger partial charge is 0.465 e. The van der Waals surface area contributed by atoms with Crippen molar-refractivity contribution in [3.63, 3.8) is 0 Å². The molecule has 0 saturated heterocycles. The van der Waals surface area contributed by atoms with Crippen molar-refractivity contribution < 1.29 is 28.8 Å². The number of benzene rings is 1. The van der Waals surface area contributed by atoms with Crippen molar-refractivity contribution in [3.05, 3.63) is 39.9 Å². The van der Waals surface area contributed by atoms with E-state index in [-0.39, 0.29) is 12.3 Å². The van der Waals surface area contributed by atoms with Crippen LogP contribution in [0, 0.1) is 16.0 Å². The molecule has 0 spiro atoms. The van der Waals surface area contributed by atoms with E-state index >= 15 is 0 Å². The highest BCUT2D eigenvalue weighted by Gasteiger charge is 2.36. The first-order chi connectivity index (χ1) is 11.3. The number of carbonyl (C=O) groups excluding carboxylic acids is 3. The number of non-ortho nitro benzene ring substituents is 1. The van der Waals surface area contributed by atoms with Crippen molar-refractivity contribution in [2.75, 3.05) is 13.7 Å². The number of carbonyl (C=O) groups is 3. The standard InChI is InChI=1S/C15H18N2O7/c1-4-24-14(19)12(9(2)18)13(16-15(20)23-3)10-5-7-11(8-6-10)17(21)22/h5-8,12-13H,4H2,1-3H3,(H,16,20). The van der Waals surface area contributed by atoms with Crippen molar-refractivity contribution in [2.45, 2.75) is 19.9 Å². The molecule has 0 aliphatic carbocycles. The predicted octanol–water partition coefficient (Wildman–Crippen LogP) is 1.76. The van der Waals surface area contributed by atoms with Crippen molar-refractivity contribution in [1.82, 2.24) is 5.32 Å². The fourth-order valence-electron chi connectivity index (χ4n) is 2.12. The van der Waals surface area contributed by atoms with Gasteiger partial charge in [-0.15, -0.1) is 0 Å². The number of amides is 1.